The first-order valence-electron chi connectivity index (χ1n) is 6.31. The maximum absolute atomic E-state index is 12.1. The zero-order chi connectivity index (χ0) is 13.1. The molecule has 1 amide bonds. The zero-order valence-corrected chi connectivity index (χ0v) is 10.4. The third-order valence-corrected chi connectivity index (χ3v) is 3.11. The minimum Gasteiger partial charge on any atom is -0.366 e. The first-order chi connectivity index (χ1) is 9.34. The number of hydrogen-bond donors (Lipinski definition) is 2. The monoisotopic (exact) mass is 257 g/mol. The SMILES string of the molecule is O=C(Nc1cccc2cccnc12)C1CNCCO1. The van der Waals surface area contributed by atoms with Crippen molar-refractivity contribution in [1.29, 1.82) is 0 Å². The van der Waals surface area contributed by atoms with Gasteiger partial charge in [0, 0.05) is 24.7 Å². The first-order valence-corrected chi connectivity index (χ1v) is 6.31. The molecule has 0 aliphatic carbocycles. The van der Waals surface area contributed by atoms with Gasteiger partial charge >= 0.3 is 0 Å². The largest absolute Gasteiger partial charge is 0.366 e. The number of carbonyl (C=O) groups is 1. The van der Waals surface area contributed by atoms with Gasteiger partial charge in [-0.25, -0.2) is 0 Å². The van der Waals surface area contributed by atoms with Crippen LogP contribution in [0.3, 0.4) is 0 Å². The van der Waals surface area contributed by atoms with Gasteiger partial charge in [0.1, 0.15) is 6.10 Å². The average Bonchev–Trinajstić information content (AvgIpc) is 2.48. The van der Waals surface area contributed by atoms with Crippen molar-refractivity contribution in [3.63, 3.8) is 0 Å². The highest BCUT2D eigenvalue weighted by Gasteiger charge is 2.22. The summed E-state index contributed by atoms with van der Waals surface area (Å²) in [4.78, 5) is 16.4. The van der Waals surface area contributed by atoms with Gasteiger partial charge in [-0.3, -0.25) is 9.78 Å². The molecule has 1 atom stereocenters. The van der Waals surface area contributed by atoms with Gasteiger partial charge in [-0.15, -0.1) is 0 Å². The minimum atomic E-state index is -0.437. The van der Waals surface area contributed by atoms with Gasteiger partial charge in [0.2, 0.25) is 0 Å². The van der Waals surface area contributed by atoms with Crippen molar-refractivity contribution >= 4 is 22.5 Å². The minimum absolute atomic E-state index is 0.134. The van der Waals surface area contributed by atoms with Gasteiger partial charge < -0.3 is 15.4 Å². The standard InChI is InChI=1S/C14H15N3O2/c18-14(12-9-15-7-8-19-12)17-11-5-1-3-10-4-2-6-16-13(10)11/h1-6,12,15H,7-9H2,(H,17,18). The Labute approximate surface area is 111 Å². The van der Waals surface area contributed by atoms with Crippen LogP contribution < -0.4 is 10.6 Å². The average molecular weight is 257 g/mol. The van der Waals surface area contributed by atoms with Gasteiger partial charge in [-0.1, -0.05) is 18.2 Å². The fraction of sp³-hybridized carbons (Fsp3) is 0.286. The lowest BCUT2D eigenvalue weighted by atomic mass is 10.2. The molecule has 3 rings (SSSR count). The molecule has 98 valence electrons. The van der Waals surface area contributed by atoms with E-state index >= 15 is 0 Å². The molecular formula is C14H15N3O2. The summed E-state index contributed by atoms with van der Waals surface area (Å²) >= 11 is 0. The number of ether oxygens (including phenoxy) is 1. The van der Waals surface area contributed by atoms with Crippen LogP contribution >= 0.6 is 0 Å². The quantitative estimate of drug-likeness (QED) is 0.847. The zero-order valence-electron chi connectivity index (χ0n) is 10.4. The van der Waals surface area contributed by atoms with Crippen LogP contribution in [0.15, 0.2) is 36.5 Å². The summed E-state index contributed by atoms with van der Waals surface area (Å²) < 4.78 is 5.43. The molecule has 1 saturated heterocycles. The molecule has 5 heteroatoms. The van der Waals surface area contributed by atoms with Crippen LogP contribution in [0.5, 0.6) is 0 Å². The Kier molecular flexibility index (Phi) is 3.39. The van der Waals surface area contributed by atoms with E-state index in [0.717, 1.165) is 23.1 Å². The van der Waals surface area contributed by atoms with Crippen LogP contribution in [0.25, 0.3) is 10.9 Å². The highest BCUT2D eigenvalue weighted by molar-refractivity contribution is 6.01. The van der Waals surface area contributed by atoms with Gasteiger partial charge in [-0.2, -0.15) is 0 Å². The molecule has 5 nitrogen and oxygen atoms in total. The van der Waals surface area contributed by atoms with Crippen LogP contribution in [0.1, 0.15) is 0 Å². The number of pyridine rings is 1. The summed E-state index contributed by atoms with van der Waals surface area (Å²) in [5.74, 6) is -0.134. The van der Waals surface area contributed by atoms with E-state index in [9.17, 15) is 4.79 Å². The lowest BCUT2D eigenvalue weighted by Crippen LogP contribution is -2.45. The smallest absolute Gasteiger partial charge is 0.254 e. The fourth-order valence-electron chi connectivity index (χ4n) is 2.15. The van der Waals surface area contributed by atoms with E-state index < -0.39 is 6.10 Å². The molecular weight excluding hydrogens is 242 g/mol. The molecule has 0 spiro atoms. The highest BCUT2D eigenvalue weighted by Crippen LogP contribution is 2.20. The van der Waals surface area contributed by atoms with Crippen molar-refractivity contribution in [3.05, 3.63) is 36.5 Å². The topological polar surface area (TPSA) is 63.2 Å². The maximum Gasteiger partial charge on any atom is 0.254 e. The van der Waals surface area contributed by atoms with Crippen molar-refractivity contribution in [2.45, 2.75) is 6.10 Å². The molecule has 1 unspecified atom stereocenters. The van der Waals surface area contributed by atoms with E-state index in [0.29, 0.717) is 13.2 Å². The number of rotatable bonds is 2. The summed E-state index contributed by atoms with van der Waals surface area (Å²) in [6, 6.07) is 9.57. The Hall–Kier alpha value is -1.98. The molecule has 1 aliphatic rings. The second kappa shape index (κ2) is 5.34. The number of morpholine rings is 1. The van der Waals surface area contributed by atoms with Crippen LogP contribution in [0.4, 0.5) is 5.69 Å². The molecule has 1 aromatic heterocycles. The van der Waals surface area contributed by atoms with Crippen LogP contribution in [0, 0.1) is 0 Å². The molecule has 1 fully saturated rings. The Morgan fingerprint density at radius 2 is 2.26 bits per heavy atom. The van der Waals surface area contributed by atoms with Crippen LogP contribution in [0.2, 0.25) is 0 Å². The summed E-state index contributed by atoms with van der Waals surface area (Å²) in [7, 11) is 0. The molecule has 2 aromatic rings. The van der Waals surface area contributed by atoms with E-state index in [1.807, 2.05) is 30.3 Å². The molecule has 2 heterocycles. The number of carbonyl (C=O) groups excluding carboxylic acids is 1. The molecule has 1 aromatic carbocycles. The molecule has 0 bridgehead atoms. The lowest BCUT2D eigenvalue weighted by Gasteiger charge is -2.22. The van der Waals surface area contributed by atoms with Gasteiger partial charge in [-0.05, 0) is 12.1 Å². The third kappa shape index (κ3) is 2.57. The Morgan fingerprint density at radius 3 is 3.11 bits per heavy atom. The lowest BCUT2D eigenvalue weighted by molar-refractivity contribution is -0.128. The van der Waals surface area contributed by atoms with E-state index in [1.54, 1.807) is 6.20 Å². The van der Waals surface area contributed by atoms with Crippen molar-refractivity contribution in [2.75, 3.05) is 25.0 Å². The summed E-state index contributed by atoms with van der Waals surface area (Å²) in [5, 5.41) is 7.03. The van der Waals surface area contributed by atoms with Crippen molar-refractivity contribution < 1.29 is 9.53 Å². The second-order valence-corrected chi connectivity index (χ2v) is 4.43. The third-order valence-electron chi connectivity index (χ3n) is 3.11. The molecule has 2 N–H and O–H groups in total. The summed E-state index contributed by atoms with van der Waals surface area (Å²) in [5.41, 5.74) is 1.51. The van der Waals surface area contributed by atoms with Gasteiger partial charge in [0.05, 0.1) is 17.8 Å². The first kappa shape index (κ1) is 12.1. The van der Waals surface area contributed by atoms with E-state index in [1.165, 1.54) is 0 Å². The number of anilines is 1. The van der Waals surface area contributed by atoms with Crippen LogP contribution in [-0.4, -0.2) is 36.7 Å². The van der Waals surface area contributed by atoms with Crippen molar-refractivity contribution in [2.24, 2.45) is 0 Å². The molecule has 0 saturated carbocycles. The number of fused-ring (bicyclic) bond motifs is 1. The molecule has 1 aliphatic heterocycles. The van der Waals surface area contributed by atoms with Crippen molar-refractivity contribution in [3.8, 4) is 0 Å². The van der Waals surface area contributed by atoms with Crippen LogP contribution in [-0.2, 0) is 9.53 Å². The van der Waals surface area contributed by atoms with Crippen molar-refractivity contribution in [1.82, 2.24) is 10.3 Å². The highest BCUT2D eigenvalue weighted by atomic mass is 16.5. The Morgan fingerprint density at radius 1 is 1.37 bits per heavy atom. The number of amides is 1. The Balaban J connectivity index is 1.82. The molecule has 0 radical (unpaired) electrons. The van der Waals surface area contributed by atoms with E-state index in [4.69, 9.17) is 4.74 Å². The number of benzene rings is 1. The molecule has 19 heavy (non-hydrogen) atoms. The second-order valence-electron chi connectivity index (χ2n) is 4.43. The summed E-state index contributed by atoms with van der Waals surface area (Å²) in [6.07, 6.45) is 1.28. The number of hydrogen-bond acceptors (Lipinski definition) is 4. The normalized spacial score (nSPS) is 19.3. The predicted molar refractivity (Wildman–Crippen MR) is 73.0 cm³/mol. The van der Waals surface area contributed by atoms with Gasteiger partial charge in [0.25, 0.3) is 5.91 Å². The number of nitrogens with one attached hydrogen (secondary N) is 2. The predicted octanol–water partition coefficient (Wildman–Crippen LogP) is 1.16. The number of nitrogens with zero attached hydrogens (tertiary/aromatic N) is 1. The summed E-state index contributed by atoms with van der Waals surface area (Å²) in [6.45, 7) is 1.90. The number of aromatic nitrogens is 1. The van der Waals surface area contributed by atoms with E-state index in [2.05, 4.69) is 15.6 Å². The number of para-hydroxylation sites is 1. The van der Waals surface area contributed by atoms with E-state index in [-0.39, 0.29) is 5.91 Å². The Bertz CT molecular complexity index is 589. The maximum atomic E-state index is 12.1. The van der Waals surface area contributed by atoms with Gasteiger partial charge in [0.15, 0.2) is 0 Å². The fourth-order valence-corrected chi connectivity index (χ4v) is 2.15.